The molecule has 3 aromatic rings. The van der Waals surface area contributed by atoms with Crippen molar-refractivity contribution in [1.29, 1.82) is 0 Å². The van der Waals surface area contributed by atoms with Crippen LogP contribution in [0.3, 0.4) is 0 Å². The second-order valence-corrected chi connectivity index (χ2v) is 17.2. The molecule has 13 heteroatoms. The number of anilines is 2. The van der Waals surface area contributed by atoms with Crippen molar-refractivity contribution < 1.29 is 28.7 Å². The van der Waals surface area contributed by atoms with Gasteiger partial charge in [-0.15, -0.1) is 6.42 Å². The minimum absolute atomic E-state index is 0.0859. The number of aromatic nitrogens is 1. The van der Waals surface area contributed by atoms with Crippen molar-refractivity contribution in [2.24, 2.45) is 16.7 Å². The van der Waals surface area contributed by atoms with Gasteiger partial charge in [0.15, 0.2) is 0 Å². The number of carbonyl (C=O) groups is 4. The van der Waals surface area contributed by atoms with E-state index >= 15 is 0 Å². The van der Waals surface area contributed by atoms with Crippen LogP contribution in [0, 0.1) is 29.1 Å². The van der Waals surface area contributed by atoms with Gasteiger partial charge in [-0.1, -0.05) is 33.6 Å². The Balaban J connectivity index is 0.835. The molecule has 1 saturated carbocycles. The summed E-state index contributed by atoms with van der Waals surface area (Å²) in [4.78, 5) is 61.4. The Bertz CT molecular complexity index is 2030. The lowest BCUT2D eigenvalue weighted by Crippen LogP contribution is -2.74. The van der Waals surface area contributed by atoms with Crippen molar-refractivity contribution in [2.45, 2.75) is 71.6 Å². The van der Waals surface area contributed by atoms with Gasteiger partial charge in [0.2, 0.25) is 11.8 Å². The number of nitrogens with one attached hydrogen (secondary N) is 3. The fourth-order valence-electron chi connectivity index (χ4n) is 9.52. The average molecular weight is 790 g/mol. The van der Waals surface area contributed by atoms with Crippen LogP contribution in [0.1, 0.15) is 79.7 Å². The van der Waals surface area contributed by atoms with Crippen molar-refractivity contribution in [1.82, 2.24) is 25.8 Å². The first-order chi connectivity index (χ1) is 27.8. The molecule has 306 valence electrons. The van der Waals surface area contributed by atoms with E-state index in [2.05, 4.69) is 81.4 Å². The van der Waals surface area contributed by atoms with Crippen LogP contribution in [0.15, 0.2) is 60.8 Å². The maximum atomic E-state index is 13.5. The summed E-state index contributed by atoms with van der Waals surface area (Å²) in [5, 5.41) is 8.28. The number of piperazine rings is 1. The average Bonchev–Trinajstić information content (AvgIpc) is 3.23. The number of amides is 4. The van der Waals surface area contributed by atoms with Gasteiger partial charge in [-0.25, -0.2) is 4.98 Å². The van der Waals surface area contributed by atoms with Gasteiger partial charge in [0.1, 0.15) is 29.5 Å². The Morgan fingerprint density at radius 3 is 2.16 bits per heavy atom. The largest absolute Gasteiger partial charge is 0.495 e. The van der Waals surface area contributed by atoms with Crippen LogP contribution in [-0.2, 0) is 9.59 Å². The summed E-state index contributed by atoms with van der Waals surface area (Å²) in [6.07, 6.45) is 9.74. The van der Waals surface area contributed by atoms with Gasteiger partial charge in [-0.05, 0) is 73.7 Å². The summed E-state index contributed by atoms with van der Waals surface area (Å²) in [5.74, 6) is 4.11. The van der Waals surface area contributed by atoms with Gasteiger partial charge in [-0.2, -0.15) is 0 Å². The Labute approximate surface area is 341 Å². The molecule has 0 spiro atoms. The SMILES string of the molecule is C#Cc1ccc(OC2C(C)(C)C(NC(=O)c3ccc(N4CCC(CN5CCN(c6ccc(C(=O)N[C@H]7CCC(=O)NC7=O)cn6)CC5)CC4)cc3)C2(C)C)cc1OC. The highest BCUT2D eigenvalue weighted by atomic mass is 16.5. The zero-order chi connectivity index (χ0) is 41.2. The summed E-state index contributed by atoms with van der Waals surface area (Å²) in [6, 6.07) is 16.3. The molecule has 3 N–H and O–H groups in total. The molecule has 13 nitrogen and oxygen atoms in total. The van der Waals surface area contributed by atoms with Crippen LogP contribution in [-0.4, -0.2) is 105 Å². The zero-order valence-electron chi connectivity index (χ0n) is 34.2. The van der Waals surface area contributed by atoms with Gasteiger partial charge in [0.05, 0.1) is 18.2 Å². The molecule has 58 heavy (non-hydrogen) atoms. The van der Waals surface area contributed by atoms with E-state index in [-0.39, 0.29) is 47.1 Å². The Kier molecular flexibility index (Phi) is 11.7. The number of terminal acetylenes is 1. The molecule has 4 amide bonds. The summed E-state index contributed by atoms with van der Waals surface area (Å²) in [6.45, 7) is 15.2. The molecule has 0 unspecified atom stereocenters. The van der Waals surface area contributed by atoms with Crippen LogP contribution < -0.4 is 35.2 Å². The van der Waals surface area contributed by atoms with Crippen molar-refractivity contribution in [2.75, 3.05) is 62.7 Å². The number of benzene rings is 2. The number of rotatable bonds is 11. The number of pyridine rings is 1. The second kappa shape index (κ2) is 16.7. The summed E-state index contributed by atoms with van der Waals surface area (Å²) < 4.78 is 11.9. The Morgan fingerprint density at radius 2 is 1.53 bits per heavy atom. The third-order valence-electron chi connectivity index (χ3n) is 12.6. The molecular weight excluding hydrogens is 735 g/mol. The van der Waals surface area contributed by atoms with Crippen molar-refractivity contribution in [3.05, 3.63) is 77.5 Å². The van der Waals surface area contributed by atoms with E-state index < -0.39 is 11.9 Å². The standard InChI is InChI=1S/C45H55N7O6/c1-7-30-10-14-34(26-36(30)57-6)58-43-44(2,3)42(45(43,4)5)49-39(54)31-8-12-33(13-9-31)51-20-18-29(19-21-51)28-50-22-24-52(25-23-50)37-16-11-32(27-46-37)40(55)47-35-15-17-38(53)48-41(35)56/h1,8-14,16,26-27,29,35,42-43H,15,17-25,28H2,2-6H3,(H,47,55)(H,49,54)(H,48,53,56)/t35-,42?,43?/m0/s1. The van der Waals surface area contributed by atoms with E-state index in [0.717, 1.165) is 70.2 Å². The van der Waals surface area contributed by atoms with Gasteiger partial charge in [0, 0.05) is 92.6 Å². The van der Waals surface area contributed by atoms with E-state index in [1.165, 1.54) is 0 Å². The Hall–Kier alpha value is -5.61. The Morgan fingerprint density at radius 1 is 0.862 bits per heavy atom. The predicted octanol–water partition coefficient (Wildman–Crippen LogP) is 4.26. The van der Waals surface area contributed by atoms with Crippen molar-refractivity contribution in [3.8, 4) is 23.8 Å². The molecule has 7 rings (SSSR count). The lowest BCUT2D eigenvalue weighted by molar-refractivity contribution is -0.164. The molecule has 0 radical (unpaired) electrons. The quantitative estimate of drug-likeness (QED) is 0.191. The van der Waals surface area contributed by atoms with Gasteiger partial charge < -0.3 is 29.9 Å². The number of piperidine rings is 2. The minimum atomic E-state index is -0.718. The highest BCUT2D eigenvalue weighted by Gasteiger charge is 2.64. The zero-order valence-corrected chi connectivity index (χ0v) is 34.2. The van der Waals surface area contributed by atoms with Gasteiger partial charge in [0.25, 0.3) is 11.8 Å². The molecule has 1 atom stereocenters. The first kappa shape index (κ1) is 40.6. The maximum absolute atomic E-state index is 13.5. The first-order valence-electron chi connectivity index (χ1n) is 20.3. The summed E-state index contributed by atoms with van der Waals surface area (Å²) in [7, 11) is 1.59. The first-order valence-corrected chi connectivity index (χ1v) is 20.3. The van der Waals surface area contributed by atoms with Crippen LogP contribution in [0.25, 0.3) is 0 Å². The molecule has 1 aliphatic carbocycles. The number of nitrogens with zero attached hydrogens (tertiary/aromatic N) is 4. The smallest absolute Gasteiger partial charge is 0.253 e. The molecule has 4 heterocycles. The summed E-state index contributed by atoms with van der Waals surface area (Å²) in [5.41, 5.74) is 2.20. The maximum Gasteiger partial charge on any atom is 0.253 e. The van der Waals surface area contributed by atoms with Crippen LogP contribution in [0.4, 0.5) is 11.5 Å². The minimum Gasteiger partial charge on any atom is -0.495 e. The molecule has 0 bridgehead atoms. The lowest BCUT2D eigenvalue weighted by atomic mass is 9.49. The predicted molar refractivity (Wildman–Crippen MR) is 222 cm³/mol. The van der Waals surface area contributed by atoms with Gasteiger partial charge in [-0.3, -0.25) is 29.4 Å². The number of carbonyl (C=O) groups excluding carboxylic acids is 4. The third-order valence-corrected chi connectivity index (χ3v) is 12.6. The molecule has 4 aliphatic rings. The van der Waals surface area contributed by atoms with E-state index in [4.69, 9.17) is 15.9 Å². The molecule has 2 aromatic carbocycles. The number of ether oxygens (including phenoxy) is 2. The van der Waals surface area contributed by atoms with E-state index in [1.807, 2.05) is 36.4 Å². The summed E-state index contributed by atoms with van der Waals surface area (Å²) >= 11 is 0. The van der Waals surface area contributed by atoms with Crippen LogP contribution >= 0.6 is 0 Å². The monoisotopic (exact) mass is 789 g/mol. The second-order valence-electron chi connectivity index (χ2n) is 17.2. The molecule has 3 saturated heterocycles. The van der Waals surface area contributed by atoms with Crippen LogP contribution in [0.2, 0.25) is 0 Å². The highest BCUT2D eigenvalue weighted by Crippen LogP contribution is 2.55. The van der Waals surface area contributed by atoms with E-state index in [1.54, 1.807) is 19.4 Å². The van der Waals surface area contributed by atoms with E-state index in [0.29, 0.717) is 40.5 Å². The molecule has 4 fully saturated rings. The number of hydrogen-bond donors (Lipinski definition) is 3. The molecular formula is C45H55N7O6. The van der Waals surface area contributed by atoms with Gasteiger partial charge >= 0.3 is 0 Å². The fourth-order valence-corrected chi connectivity index (χ4v) is 9.52. The number of hydrogen-bond acceptors (Lipinski definition) is 10. The molecule has 3 aliphatic heterocycles. The normalized spacial score (nSPS) is 23.2. The number of methoxy groups -OCH3 is 1. The number of imide groups is 1. The fraction of sp³-hybridized carbons (Fsp3) is 0.489. The third kappa shape index (κ3) is 8.48. The van der Waals surface area contributed by atoms with E-state index in [9.17, 15) is 19.2 Å². The highest BCUT2D eigenvalue weighted by molar-refractivity contribution is 6.03. The van der Waals surface area contributed by atoms with Crippen LogP contribution in [0.5, 0.6) is 11.5 Å². The van der Waals surface area contributed by atoms with Crippen molar-refractivity contribution in [3.63, 3.8) is 0 Å². The molecule has 1 aromatic heterocycles. The topological polar surface area (TPSA) is 145 Å². The van der Waals surface area contributed by atoms with Crippen molar-refractivity contribution >= 4 is 35.1 Å². The lowest BCUT2D eigenvalue weighted by Gasteiger charge is -2.63.